The molecule has 0 aromatic heterocycles. The van der Waals surface area contributed by atoms with Crippen LogP contribution in [0.1, 0.15) is 46.1 Å². The van der Waals surface area contributed by atoms with Gasteiger partial charge in [-0.2, -0.15) is 5.01 Å². The molecule has 3 aromatic carbocycles. The van der Waals surface area contributed by atoms with Crippen molar-refractivity contribution in [3.63, 3.8) is 0 Å². The van der Waals surface area contributed by atoms with Crippen molar-refractivity contribution < 1.29 is 23.7 Å². The minimum absolute atomic E-state index is 0.0485. The van der Waals surface area contributed by atoms with Crippen LogP contribution in [0.4, 0.5) is 10.5 Å². The molecule has 1 saturated heterocycles. The van der Waals surface area contributed by atoms with Gasteiger partial charge in [0.05, 0.1) is 11.5 Å². The molecule has 1 heterocycles. The Balaban J connectivity index is 1.70. The Morgan fingerprint density at radius 2 is 1.55 bits per heavy atom. The van der Waals surface area contributed by atoms with Crippen LogP contribution in [0.25, 0.3) is 0 Å². The summed E-state index contributed by atoms with van der Waals surface area (Å²) in [5.74, 6) is -0.184. The number of non-ortho nitro benzene ring substituents is 1. The van der Waals surface area contributed by atoms with Crippen LogP contribution in [0.2, 0.25) is 5.04 Å². The summed E-state index contributed by atoms with van der Waals surface area (Å²) in [4.78, 5) is 36.8. The Labute approximate surface area is 235 Å². The van der Waals surface area contributed by atoms with Crippen molar-refractivity contribution in [3.8, 4) is 0 Å². The SMILES string of the molecule is CC[C@@H](O[Si](c1ccccc1)(c1ccccc1)C(C)(C)C)N(C(=O)OCc1ccc([N+](=O)[O-])cc1)N1CCC1=O. The van der Waals surface area contributed by atoms with Crippen molar-refractivity contribution in [2.45, 2.75) is 58.4 Å². The maximum absolute atomic E-state index is 13.6. The lowest BCUT2D eigenvalue weighted by atomic mass is 10.2. The number of ether oxygens (including phenoxy) is 1. The Morgan fingerprint density at radius 3 is 1.95 bits per heavy atom. The first-order valence-electron chi connectivity index (χ1n) is 13.4. The molecule has 0 radical (unpaired) electrons. The van der Waals surface area contributed by atoms with E-state index >= 15 is 0 Å². The highest BCUT2D eigenvalue weighted by atomic mass is 28.4. The molecule has 10 heteroatoms. The molecule has 40 heavy (non-hydrogen) atoms. The Hall–Kier alpha value is -4.02. The second-order valence-corrected chi connectivity index (χ2v) is 15.0. The molecule has 0 N–H and O–H groups in total. The van der Waals surface area contributed by atoms with E-state index in [9.17, 15) is 19.7 Å². The maximum Gasteiger partial charge on any atom is 0.431 e. The standard InChI is InChI=1S/C30H35N3O6Si/c1-5-28(39-40(30(2,3)4,25-12-8-6-9-13-25)26-14-10-7-11-15-26)32(31-21-20-27(31)34)29(35)38-22-23-16-18-24(19-17-23)33(36)37/h6-19,28H,5,20-22H2,1-4H3/t28-/m1/s1. The number of rotatable bonds is 10. The van der Waals surface area contributed by atoms with Gasteiger partial charge in [-0.3, -0.25) is 14.9 Å². The smallest absolute Gasteiger partial charge is 0.431 e. The highest BCUT2D eigenvalue weighted by molar-refractivity contribution is 6.99. The van der Waals surface area contributed by atoms with Crippen molar-refractivity contribution in [1.82, 2.24) is 10.0 Å². The largest absolute Gasteiger partial charge is 0.443 e. The van der Waals surface area contributed by atoms with Gasteiger partial charge < -0.3 is 9.16 Å². The van der Waals surface area contributed by atoms with Gasteiger partial charge in [0.1, 0.15) is 12.8 Å². The lowest BCUT2D eigenvalue weighted by Crippen LogP contribution is -2.71. The summed E-state index contributed by atoms with van der Waals surface area (Å²) >= 11 is 0. The summed E-state index contributed by atoms with van der Waals surface area (Å²) in [5.41, 5.74) is 0.544. The number of nitro benzene ring substituents is 1. The molecule has 0 unspecified atom stereocenters. The first-order valence-corrected chi connectivity index (χ1v) is 15.3. The second-order valence-electron chi connectivity index (χ2n) is 10.7. The molecule has 0 bridgehead atoms. The van der Waals surface area contributed by atoms with E-state index in [2.05, 4.69) is 45.0 Å². The van der Waals surface area contributed by atoms with Crippen molar-refractivity contribution in [3.05, 3.63) is 101 Å². The van der Waals surface area contributed by atoms with E-state index in [0.29, 0.717) is 24.9 Å². The van der Waals surface area contributed by atoms with Crippen LogP contribution in [-0.2, 0) is 20.6 Å². The molecular formula is C30H35N3O6Si. The first kappa shape index (κ1) is 29.0. The predicted octanol–water partition coefficient (Wildman–Crippen LogP) is 4.99. The zero-order valence-electron chi connectivity index (χ0n) is 23.3. The van der Waals surface area contributed by atoms with Crippen LogP contribution < -0.4 is 10.4 Å². The van der Waals surface area contributed by atoms with Gasteiger partial charge >= 0.3 is 6.09 Å². The number of carbonyl (C=O) groups is 2. The average molecular weight is 562 g/mol. The molecule has 210 valence electrons. The van der Waals surface area contributed by atoms with Crippen LogP contribution in [0, 0.1) is 10.1 Å². The highest BCUT2D eigenvalue weighted by Crippen LogP contribution is 2.38. The molecule has 1 aliphatic rings. The summed E-state index contributed by atoms with van der Waals surface area (Å²) < 4.78 is 12.9. The lowest BCUT2D eigenvalue weighted by Gasteiger charge is -2.49. The monoisotopic (exact) mass is 561 g/mol. The van der Waals surface area contributed by atoms with Crippen LogP contribution in [0.5, 0.6) is 0 Å². The third-order valence-electron chi connectivity index (χ3n) is 7.13. The van der Waals surface area contributed by atoms with Crippen molar-refractivity contribution in [2.75, 3.05) is 6.54 Å². The fourth-order valence-corrected chi connectivity index (χ4v) is 9.72. The highest BCUT2D eigenvalue weighted by Gasteiger charge is 2.53. The number of nitro groups is 1. The van der Waals surface area contributed by atoms with Gasteiger partial charge in [-0.05, 0) is 39.5 Å². The van der Waals surface area contributed by atoms with E-state index in [4.69, 9.17) is 9.16 Å². The number of carbonyl (C=O) groups excluding carboxylic acids is 2. The lowest BCUT2D eigenvalue weighted by molar-refractivity contribution is -0.384. The second kappa shape index (κ2) is 12.0. The number of hydrazine groups is 1. The quantitative estimate of drug-likeness (QED) is 0.114. The Kier molecular flexibility index (Phi) is 8.70. The van der Waals surface area contributed by atoms with E-state index < -0.39 is 25.6 Å². The topological polar surface area (TPSA) is 102 Å². The normalized spacial score (nSPS) is 14.3. The van der Waals surface area contributed by atoms with E-state index in [-0.39, 0.29) is 23.2 Å². The number of nitrogens with zero attached hydrogens (tertiary/aromatic N) is 3. The van der Waals surface area contributed by atoms with Crippen LogP contribution >= 0.6 is 0 Å². The molecule has 9 nitrogen and oxygen atoms in total. The molecule has 3 aromatic rings. The number of hydrogen-bond donors (Lipinski definition) is 0. The van der Waals surface area contributed by atoms with Crippen molar-refractivity contribution in [1.29, 1.82) is 0 Å². The summed E-state index contributed by atoms with van der Waals surface area (Å²) in [7, 11) is -3.05. The fourth-order valence-electron chi connectivity index (χ4n) is 5.03. The van der Waals surface area contributed by atoms with Crippen molar-refractivity contribution >= 4 is 36.4 Å². The number of benzene rings is 3. The fraction of sp³-hybridized carbons (Fsp3) is 0.333. The zero-order valence-corrected chi connectivity index (χ0v) is 24.3. The van der Waals surface area contributed by atoms with Gasteiger partial charge in [0.15, 0.2) is 0 Å². The summed E-state index contributed by atoms with van der Waals surface area (Å²) in [5, 5.41) is 15.5. The molecule has 0 spiro atoms. The Bertz CT molecular complexity index is 1290. The van der Waals surface area contributed by atoms with Crippen LogP contribution in [0.15, 0.2) is 84.9 Å². The van der Waals surface area contributed by atoms with Crippen LogP contribution in [0.3, 0.4) is 0 Å². The van der Waals surface area contributed by atoms with Crippen molar-refractivity contribution in [2.24, 2.45) is 0 Å². The summed E-state index contributed by atoms with van der Waals surface area (Å²) in [6.07, 6.45) is -0.737. The van der Waals surface area contributed by atoms with Gasteiger partial charge in [0, 0.05) is 18.6 Å². The van der Waals surface area contributed by atoms with Gasteiger partial charge in [0.2, 0.25) is 5.91 Å². The molecule has 1 atom stereocenters. The van der Waals surface area contributed by atoms with E-state index in [1.807, 2.05) is 43.3 Å². The maximum atomic E-state index is 13.6. The molecule has 4 rings (SSSR count). The molecular weight excluding hydrogens is 526 g/mol. The number of amides is 2. The van der Waals surface area contributed by atoms with E-state index in [0.717, 1.165) is 10.4 Å². The zero-order chi connectivity index (χ0) is 28.9. The minimum atomic E-state index is -3.05. The summed E-state index contributed by atoms with van der Waals surface area (Å²) in [6.45, 7) is 8.65. The van der Waals surface area contributed by atoms with Gasteiger partial charge in [-0.25, -0.2) is 9.80 Å². The molecule has 2 amide bonds. The summed E-state index contributed by atoms with van der Waals surface area (Å²) in [6, 6.07) is 26.0. The first-order chi connectivity index (χ1) is 19.1. The molecule has 1 aliphatic heterocycles. The van der Waals surface area contributed by atoms with Gasteiger partial charge in [-0.15, -0.1) is 0 Å². The molecule has 0 aliphatic carbocycles. The molecule has 1 fully saturated rings. The average Bonchev–Trinajstić information content (AvgIpc) is 2.95. The predicted molar refractivity (Wildman–Crippen MR) is 154 cm³/mol. The third kappa shape index (κ3) is 5.78. The number of hydrogen-bond acceptors (Lipinski definition) is 6. The van der Waals surface area contributed by atoms with Crippen LogP contribution in [-0.4, -0.2) is 48.0 Å². The number of β-lactam (4-membered cyclic amide) rings is 1. The van der Waals surface area contributed by atoms with Gasteiger partial charge in [-0.1, -0.05) is 88.4 Å². The molecule has 0 saturated carbocycles. The van der Waals surface area contributed by atoms with Gasteiger partial charge in [0.25, 0.3) is 14.0 Å². The third-order valence-corrected chi connectivity index (χ3v) is 12.2. The minimum Gasteiger partial charge on any atom is -0.443 e. The van der Waals surface area contributed by atoms with E-state index in [1.165, 1.54) is 22.2 Å². The van der Waals surface area contributed by atoms with E-state index in [1.54, 1.807) is 12.1 Å². The Morgan fingerprint density at radius 1 is 1.00 bits per heavy atom.